The van der Waals surface area contributed by atoms with Crippen LogP contribution in [-0.2, 0) is 6.42 Å². The molecule has 4 aromatic rings. The summed E-state index contributed by atoms with van der Waals surface area (Å²) in [5.74, 6) is 0.466. The lowest BCUT2D eigenvalue weighted by molar-refractivity contribution is 0.0947. The predicted octanol–water partition coefficient (Wildman–Crippen LogP) is 4.23. The van der Waals surface area contributed by atoms with Gasteiger partial charge in [0.05, 0.1) is 26.6 Å². The Morgan fingerprint density at radius 3 is 1.41 bits per heavy atom. The third kappa shape index (κ3) is 7.70. The first-order valence-corrected chi connectivity index (χ1v) is 12.4. The highest BCUT2D eigenvalue weighted by molar-refractivity contribution is 5.96. The van der Waals surface area contributed by atoms with Gasteiger partial charge in [0, 0.05) is 22.3 Å². The second-order valence-corrected chi connectivity index (χ2v) is 8.82. The van der Waals surface area contributed by atoms with Crippen molar-refractivity contribution in [2.75, 3.05) is 14.2 Å². The standard InChI is InChI=1S/C31H28N4O6/c1-40-26-9-5-22(6-10-26)30(38)34-32-18-24-16-20(3-13-28(24)36)15-21-4-14-29(37)25(17-21)19-33-35-31(39)23-7-11-27(41-2)12-8-23/h3-14,16-19,36-37H,15H2,1-2H3,(H,34,38)(H,35,39). The van der Waals surface area contributed by atoms with Gasteiger partial charge in [0.1, 0.15) is 23.0 Å². The van der Waals surface area contributed by atoms with Crippen LogP contribution in [0.15, 0.2) is 95.1 Å². The molecule has 0 aromatic heterocycles. The minimum absolute atomic E-state index is 0.00215. The summed E-state index contributed by atoms with van der Waals surface area (Å²) >= 11 is 0. The third-order valence-electron chi connectivity index (χ3n) is 6.04. The number of hydrogen-bond acceptors (Lipinski definition) is 8. The van der Waals surface area contributed by atoms with Crippen molar-refractivity contribution in [3.05, 3.63) is 118 Å². The fraction of sp³-hybridized carbons (Fsp3) is 0.0968. The third-order valence-corrected chi connectivity index (χ3v) is 6.04. The molecule has 208 valence electrons. The van der Waals surface area contributed by atoms with E-state index in [1.165, 1.54) is 12.4 Å². The molecule has 0 aliphatic rings. The first-order valence-electron chi connectivity index (χ1n) is 12.4. The first kappa shape index (κ1) is 28.4. The Morgan fingerprint density at radius 1 is 0.659 bits per heavy atom. The molecule has 0 radical (unpaired) electrons. The van der Waals surface area contributed by atoms with Crippen LogP contribution in [0.3, 0.4) is 0 Å². The topological polar surface area (TPSA) is 142 Å². The van der Waals surface area contributed by atoms with Crippen LogP contribution in [0.4, 0.5) is 0 Å². The summed E-state index contributed by atoms with van der Waals surface area (Å²) in [5.41, 5.74) is 8.24. The molecule has 0 fully saturated rings. The number of methoxy groups -OCH3 is 2. The fourth-order valence-electron chi connectivity index (χ4n) is 3.81. The summed E-state index contributed by atoms with van der Waals surface area (Å²) in [6, 6.07) is 23.3. The van der Waals surface area contributed by atoms with Crippen LogP contribution in [0.1, 0.15) is 43.0 Å². The lowest BCUT2D eigenvalue weighted by Crippen LogP contribution is -2.17. The van der Waals surface area contributed by atoms with E-state index in [0.717, 1.165) is 11.1 Å². The molecule has 0 atom stereocenters. The van der Waals surface area contributed by atoms with Crippen molar-refractivity contribution >= 4 is 24.2 Å². The number of benzene rings is 4. The van der Waals surface area contributed by atoms with Gasteiger partial charge in [0.15, 0.2) is 0 Å². The van der Waals surface area contributed by atoms with Crippen molar-refractivity contribution in [2.24, 2.45) is 10.2 Å². The molecule has 2 amide bonds. The monoisotopic (exact) mass is 552 g/mol. The van der Waals surface area contributed by atoms with Gasteiger partial charge in [-0.1, -0.05) is 12.1 Å². The van der Waals surface area contributed by atoms with E-state index < -0.39 is 11.8 Å². The summed E-state index contributed by atoms with van der Waals surface area (Å²) < 4.78 is 10.2. The van der Waals surface area contributed by atoms with Crippen LogP contribution >= 0.6 is 0 Å². The fourth-order valence-corrected chi connectivity index (χ4v) is 3.81. The number of ether oxygens (including phenoxy) is 2. The molecule has 0 aliphatic carbocycles. The van der Waals surface area contributed by atoms with Gasteiger partial charge in [-0.05, 0) is 90.3 Å². The number of rotatable bonds is 10. The van der Waals surface area contributed by atoms with Gasteiger partial charge >= 0.3 is 0 Å². The number of phenolic OH excluding ortho intramolecular Hbond substituents is 2. The zero-order chi connectivity index (χ0) is 29.2. The number of carbonyl (C=O) groups excluding carboxylic acids is 2. The van der Waals surface area contributed by atoms with Gasteiger partial charge < -0.3 is 19.7 Å². The molecule has 0 aliphatic heterocycles. The van der Waals surface area contributed by atoms with E-state index in [9.17, 15) is 19.8 Å². The zero-order valence-corrected chi connectivity index (χ0v) is 22.4. The van der Waals surface area contributed by atoms with Crippen molar-refractivity contribution in [2.45, 2.75) is 6.42 Å². The van der Waals surface area contributed by atoms with Crippen LogP contribution in [0, 0.1) is 0 Å². The summed E-state index contributed by atoms with van der Waals surface area (Å²) in [6.45, 7) is 0. The quantitative estimate of drug-likeness (QED) is 0.171. The van der Waals surface area contributed by atoms with E-state index in [0.29, 0.717) is 40.2 Å². The van der Waals surface area contributed by atoms with E-state index >= 15 is 0 Å². The molecule has 0 heterocycles. The van der Waals surface area contributed by atoms with E-state index in [2.05, 4.69) is 21.1 Å². The Hall–Kier alpha value is -5.64. The van der Waals surface area contributed by atoms with Crippen LogP contribution in [0.25, 0.3) is 0 Å². The van der Waals surface area contributed by atoms with Crippen LogP contribution in [0.5, 0.6) is 23.0 Å². The summed E-state index contributed by atoms with van der Waals surface area (Å²) in [4.78, 5) is 24.6. The highest BCUT2D eigenvalue weighted by atomic mass is 16.5. The molecule has 4 rings (SSSR count). The van der Waals surface area contributed by atoms with E-state index in [1.54, 1.807) is 99.1 Å². The van der Waals surface area contributed by atoms with Gasteiger partial charge in [-0.15, -0.1) is 0 Å². The molecule has 0 unspecified atom stereocenters. The Bertz CT molecular complexity index is 1460. The molecule has 41 heavy (non-hydrogen) atoms. The number of aromatic hydroxyl groups is 2. The molecule has 0 bridgehead atoms. The second kappa shape index (κ2) is 13.4. The van der Waals surface area contributed by atoms with Crippen LogP contribution < -0.4 is 20.3 Å². The maximum atomic E-state index is 12.3. The van der Waals surface area contributed by atoms with Crippen molar-refractivity contribution in [3.8, 4) is 23.0 Å². The summed E-state index contributed by atoms with van der Waals surface area (Å²) in [5, 5.41) is 28.5. The average Bonchev–Trinajstić information content (AvgIpc) is 3.00. The minimum atomic E-state index is -0.405. The first-order chi connectivity index (χ1) is 19.9. The second-order valence-electron chi connectivity index (χ2n) is 8.82. The Balaban J connectivity index is 1.39. The Kier molecular flexibility index (Phi) is 9.29. The minimum Gasteiger partial charge on any atom is -0.507 e. The lowest BCUT2D eigenvalue weighted by Gasteiger charge is -2.07. The number of hydrazone groups is 2. The van der Waals surface area contributed by atoms with E-state index in [-0.39, 0.29) is 11.5 Å². The highest BCUT2D eigenvalue weighted by Crippen LogP contribution is 2.22. The number of carbonyl (C=O) groups is 2. The predicted molar refractivity (Wildman–Crippen MR) is 155 cm³/mol. The number of nitrogens with zero attached hydrogens (tertiary/aromatic N) is 2. The van der Waals surface area contributed by atoms with Gasteiger partial charge in [-0.25, -0.2) is 10.9 Å². The van der Waals surface area contributed by atoms with Gasteiger partial charge in [0.25, 0.3) is 11.8 Å². The summed E-state index contributed by atoms with van der Waals surface area (Å²) in [7, 11) is 3.09. The molecule has 10 heteroatoms. The molecule has 0 saturated heterocycles. The Labute approximate surface area is 236 Å². The van der Waals surface area contributed by atoms with Crippen molar-refractivity contribution in [1.82, 2.24) is 10.9 Å². The maximum absolute atomic E-state index is 12.3. The molecule has 10 nitrogen and oxygen atoms in total. The normalized spacial score (nSPS) is 11.0. The molecule has 4 aromatic carbocycles. The SMILES string of the molecule is COc1ccc(C(=O)NN=Cc2cc(Cc3ccc(O)c(C=NNC(=O)c4ccc(OC)cc4)c3)ccc2O)cc1. The maximum Gasteiger partial charge on any atom is 0.271 e. The highest BCUT2D eigenvalue weighted by Gasteiger charge is 2.08. The molecular formula is C31H28N4O6. The number of amides is 2. The molecule has 0 spiro atoms. The van der Waals surface area contributed by atoms with E-state index in [1.807, 2.05) is 0 Å². The molecule has 4 N–H and O–H groups in total. The lowest BCUT2D eigenvalue weighted by atomic mass is 10.0. The largest absolute Gasteiger partial charge is 0.507 e. The average molecular weight is 553 g/mol. The van der Waals surface area contributed by atoms with Crippen molar-refractivity contribution in [1.29, 1.82) is 0 Å². The van der Waals surface area contributed by atoms with E-state index in [4.69, 9.17) is 9.47 Å². The van der Waals surface area contributed by atoms with Gasteiger partial charge in [-0.3, -0.25) is 9.59 Å². The van der Waals surface area contributed by atoms with Gasteiger partial charge in [0.2, 0.25) is 0 Å². The zero-order valence-electron chi connectivity index (χ0n) is 22.4. The number of hydrogen-bond donors (Lipinski definition) is 4. The van der Waals surface area contributed by atoms with Crippen molar-refractivity contribution in [3.63, 3.8) is 0 Å². The van der Waals surface area contributed by atoms with Crippen LogP contribution in [0.2, 0.25) is 0 Å². The number of nitrogens with one attached hydrogen (secondary N) is 2. The summed E-state index contributed by atoms with van der Waals surface area (Å²) in [6.07, 6.45) is 3.19. The smallest absolute Gasteiger partial charge is 0.271 e. The molecular weight excluding hydrogens is 524 g/mol. The number of phenols is 2. The van der Waals surface area contributed by atoms with Crippen molar-refractivity contribution < 1.29 is 29.3 Å². The molecule has 0 saturated carbocycles. The van der Waals surface area contributed by atoms with Gasteiger partial charge in [-0.2, -0.15) is 10.2 Å². The Morgan fingerprint density at radius 2 is 1.05 bits per heavy atom. The van der Waals surface area contributed by atoms with Crippen LogP contribution in [-0.4, -0.2) is 48.7 Å².